The van der Waals surface area contributed by atoms with Crippen LogP contribution in [-0.4, -0.2) is 25.0 Å². The van der Waals surface area contributed by atoms with Crippen molar-refractivity contribution in [3.05, 3.63) is 59.8 Å². The first-order valence-corrected chi connectivity index (χ1v) is 7.50. The third-order valence-electron chi connectivity index (χ3n) is 3.63. The molecule has 0 radical (unpaired) electrons. The summed E-state index contributed by atoms with van der Waals surface area (Å²) < 4.78 is 0. The highest BCUT2D eigenvalue weighted by atomic mass is 16.1. The Morgan fingerprint density at radius 2 is 1.91 bits per heavy atom. The minimum Gasteiger partial charge on any atom is -0.362 e. The first kappa shape index (κ1) is 16.0. The van der Waals surface area contributed by atoms with Gasteiger partial charge in [0.05, 0.1) is 0 Å². The van der Waals surface area contributed by atoms with Gasteiger partial charge in [0, 0.05) is 38.8 Å². The molecule has 22 heavy (non-hydrogen) atoms. The van der Waals surface area contributed by atoms with Gasteiger partial charge in [0.15, 0.2) is 0 Å². The summed E-state index contributed by atoms with van der Waals surface area (Å²) in [5.74, 6) is 1.16. The standard InChI is InChI=1S/C18H23N3O/c1-14(15-8-5-4-6-9-15)12-17(22)20-13-16-10-7-11-19-18(16)21(2)3/h4-11,14H,12-13H2,1-3H3,(H,20,22)/t14-/m0/s1. The van der Waals surface area contributed by atoms with E-state index in [1.54, 1.807) is 6.20 Å². The lowest BCUT2D eigenvalue weighted by Crippen LogP contribution is -2.25. The molecule has 0 saturated heterocycles. The Morgan fingerprint density at radius 1 is 1.18 bits per heavy atom. The van der Waals surface area contributed by atoms with Crippen molar-refractivity contribution < 1.29 is 4.79 Å². The molecule has 4 nitrogen and oxygen atoms in total. The maximum Gasteiger partial charge on any atom is 0.220 e. The summed E-state index contributed by atoms with van der Waals surface area (Å²) in [5.41, 5.74) is 2.21. The van der Waals surface area contributed by atoms with E-state index in [0.29, 0.717) is 13.0 Å². The molecule has 2 aromatic rings. The fourth-order valence-corrected chi connectivity index (χ4v) is 2.41. The molecule has 0 unspecified atom stereocenters. The number of carbonyl (C=O) groups excluding carboxylic acids is 1. The maximum atomic E-state index is 12.1. The number of hydrogen-bond donors (Lipinski definition) is 1. The molecule has 2 rings (SSSR count). The van der Waals surface area contributed by atoms with Gasteiger partial charge in [0.1, 0.15) is 5.82 Å². The van der Waals surface area contributed by atoms with Crippen LogP contribution in [0.5, 0.6) is 0 Å². The second-order valence-corrected chi connectivity index (χ2v) is 5.67. The van der Waals surface area contributed by atoms with Crippen molar-refractivity contribution >= 4 is 11.7 Å². The molecule has 116 valence electrons. The van der Waals surface area contributed by atoms with Crippen LogP contribution in [0.4, 0.5) is 5.82 Å². The summed E-state index contributed by atoms with van der Waals surface area (Å²) in [4.78, 5) is 18.4. The SMILES string of the molecule is C[C@@H](CC(=O)NCc1cccnc1N(C)C)c1ccccc1. The van der Waals surface area contributed by atoms with E-state index in [0.717, 1.165) is 11.4 Å². The summed E-state index contributed by atoms with van der Waals surface area (Å²) in [6.45, 7) is 2.58. The lowest BCUT2D eigenvalue weighted by atomic mass is 9.97. The minimum absolute atomic E-state index is 0.0601. The number of nitrogens with one attached hydrogen (secondary N) is 1. The Morgan fingerprint density at radius 3 is 2.59 bits per heavy atom. The lowest BCUT2D eigenvalue weighted by molar-refractivity contribution is -0.121. The number of carbonyl (C=O) groups is 1. The van der Waals surface area contributed by atoms with Crippen LogP contribution in [0.1, 0.15) is 30.4 Å². The average Bonchev–Trinajstić information content (AvgIpc) is 2.54. The number of anilines is 1. The van der Waals surface area contributed by atoms with E-state index in [4.69, 9.17) is 0 Å². The number of aromatic nitrogens is 1. The topological polar surface area (TPSA) is 45.2 Å². The molecular weight excluding hydrogens is 274 g/mol. The van der Waals surface area contributed by atoms with Crippen molar-refractivity contribution in [3.8, 4) is 0 Å². The predicted octanol–water partition coefficient (Wildman–Crippen LogP) is 2.96. The number of rotatable bonds is 6. The number of benzene rings is 1. The van der Waals surface area contributed by atoms with Crippen molar-refractivity contribution in [2.75, 3.05) is 19.0 Å². The zero-order chi connectivity index (χ0) is 15.9. The highest BCUT2D eigenvalue weighted by Crippen LogP contribution is 2.18. The molecule has 0 aliphatic heterocycles. The minimum atomic E-state index is 0.0601. The Bertz CT molecular complexity index is 611. The van der Waals surface area contributed by atoms with Crippen LogP contribution in [-0.2, 0) is 11.3 Å². The number of nitrogens with zero attached hydrogens (tertiary/aromatic N) is 2. The summed E-state index contributed by atoms with van der Waals surface area (Å²) in [7, 11) is 3.90. The molecule has 0 aliphatic carbocycles. The van der Waals surface area contributed by atoms with Gasteiger partial charge in [0.25, 0.3) is 0 Å². The third-order valence-corrected chi connectivity index (χ3v) is 3.63. The summed E-state index contributed by atoms with van der Waals surface area (Å²) >= 11 is 0. The molecular formula is C18H23N3O. The highest BCUT2D eigenvalue weighted by molar-refractivity contribution is 5.77. The predicted molar refractivity (Wildman–Crippen MR) is 89.9 cm³/mol. The first-order valence-electron chi connectivity index (χ1n) is 7.50. The molecule has 1 aromatic heterocycles. The van der Waals surface area contributed by atoms with Crippen molar-refractivity contribution in [1.82, 2.24) is 10.3 Å². The molecule has 0 spiro atoms. The van der Waals surface area contributed by atoms with E-state index in [9.17, 15) is 4.79 Å². The fraction of sp³-hybridized carbons (Fsp3) is 0.333. The zero-order valence-electron chi connectivity index (χ0n) is 13.4. The Kier molecular flexibility index (Phi) is 5.53. The molecule has 1 amide bonds. The summed E-state index contributed by atoms with van der Waals surface area (Å²) in [5, 5.41) is 2.99. The van der Waals surface area contributed by atoms with Crippen LogP contribution < -0.4 is 10.2 Å². The van der Waals surface area contributed by atoms with Gasteiger partial charge in [-0.2, -0.15) is 0 Å². The van der Waals surface area contributed by atoms with Crippen molar-refractivity contribution in [2.45, 2.75) is 25.8 Å². The molecule has 1 N–H and O–H groups in total. The first-order chi connectivity index (χ1) is 10.6. The Labute approximate surface area is 132 Å². The van der Waals surface area contributed by atoms with Crippen molar-refractivity contribution in [1.29, 1.82) is 0 Å². The summed E-state index contributed by atoms with van der Waals surface area (Å²) in [6.07, 6.45) is 2.25. The average molecular weight is 297 g/mol. The number of pyridine rings is 1. The van der Waals surface area contributed by atoms with E-state index < -0.39 is 0 Å². The normalized spacial score (nSPS) is 11.8. The van der Waals surface area contributed by atoms with E-state index in [2.05, 4.69) is 29.4 Å². The molecule has 0 bridgehead atoms. The lowest BCUT2D eigenvalue weighted by Gasteiger charge is -2.17. The molecule has 4 heteroatoms. The van der Waals surface area contributed by atoms with Crippen molar-refractivity contribution in [3.63, 3.8) is 0 Å². The molecule has 0 aliphatic rings. The molecule has 1 aromatic carbocycles. The molecule has 0 fully saturated rings. The number of amides is 1. The van der Waals surface area contributed by atoms with Crippen LogP contribution in [0.2, 0.25) is 0 Å². The van der Waals surface area contributed by atoms with Crippen LogP contribution in [0.15, 0.2) is 48.7 Å². The zero-order valence-corrected chi connectivity index (χ0v) is 13.4. The van der Waals surface area contributed by atoms with Gasteiger partial charge in [-0.15, -0.1) is 0 Å². The van der Waals surface area contributed by atoms with Gasteiger partial charge in [0.2, 0.25) is 5.91 Å². The van der Waals surface area contributed by atoms with Gasteiger partial charge < -0.3 is 10.2 Å². The Hall–Kier alpha value is -2.36. The fourth-order valence-electron chi connectivity index (χ4n) is 2.41. The second-order valence-electron chi connectivity index (χ2n) is 5.67. The van der Waals surface area contributed by atoms with Crippen LogP contribution in [0.3, 0.4) is 0 Å². The van der Waals surface area contributed by atoms with Crippen LogP contribution >= 0.6 is 0 Å². The van der Waals surface area contributed by atoms with Crippen LogP contribution in [0, 0.1) is 0 Å². The van der Waals surface area contributed by atoms with Crippen LogP contribution in [0.25, 0.3) is 0 Å². The largest absolute Gasteiger partial charge is 0.362 e. The maximum absolute atomic E-state index is 12.1. The second kappa shape index (κ2) is 7.59. The van der Waals surface area contributed by atoms with E-state index >= 15 is 0 Å². The molecule has 1 heterocycles. The quantitative estimate of drug-likeness (QED) is 0.891. The van der Waals surface area contributed by atoms with E-state index in [-0.39, 0.29) is 11.8 Å². The number of hydrogen-bond acceptors (Lipinski definition) is 3. The molecule has 0 saturated carbocycles. The Balaban J connectivity index is 1.91. The smallest absolute Gasteiger partial charge is 0.220 e. The third kappa shape index (κ3) is 4.32. The van der Waals surface area contributed by atoms with Crippen molar-refractivity contribution in [2.24, 2.45) is 0 Å². The summed E-state index contributed by atoms with van der Waals surface area (Å²) in [6, 6.07) is 14.0. The van der Waals surface area contributed by atoms with Gasteiger partial charge in [-0.3, -0.25) is 4.79 Å². The van der Waals surface area contributed by atoms with E-state index in [1.807, 2.05) is 49.3 Å². The highest BCUT2D eigenvalue weighted by Gasteiger charge is 2.12. The molecule has 1 atom stereocenters. The van der Waals surface area contributed by atoms with Gasteiger partial charge >= 0.3 is 0 Å². The monoisotopic (exact) mass is 297 g/mol. The van der Waals surface area contributed by atoms with Gasteiger partial charge in [-0.1, -0.05) is 43.3 Å². The van der Waals surface area contributed by atoms with E-state index in [1.165, 1.54) is 5.56 Å². The van der Waals surface area contributed by atoms with Gasteiger partial charge in [-0.25, -0.2) is 4.98 Å². The van der Waals surface area contributed by atoms with Gasteiger partial charge in [-0.05, 0) is 17.5 Å².